The molecule has 0 aromatic heterocycles. The highest BCUT2D eigenvalue weighted by Gasteiger charge is 2.25. The number of carboxylic acid groups (broad SMARTS) is 1. The number of hydrogen-bond acceptors (Lipinski definition) is 7. The molecule has 0 radical (unpaired) electrons. The summed E-state index contributed by atoms with van der Waals surface area (Å²) in [4.78, 5) is 36.9. The number of nitrogens with zero attached hydrogens (tertiary/aromatic N) is 1. The summed E-state index contributed by atoms with van der Waals surface area (Å²) < 4.78 is 22.7. The van der Waals surface area contributed by atoms with E-state index in [4.69, 9.17) is 18.9 Å². The number of esters is 2. The van der Waals surface area contributed by atoms with Crippen molar-refractivity contribution in [3.05, 3.63) is 12.2 Å². The summed E-state index contributed by atoms with van der Waals surface area (Å²) in [6.07, 6.45) is 31.2. The lowest BCUT2D eigenvalue weighted by atomic mass is 10.0. The largest absolute Gasteiger partial charge is 0.477 e. The molecule has 0 aliphatic carbocycles. The fraction of sp³-hybridized carbons (Fsp3) is 0.881. The summed E-state index contributed by atoms with van der Waals surface area (Å²) in [5.41, 5.74) is 0. The molecule has 0 amide bonds. The summed E-state index contributed by atoms with van der Waals surface area (Å²) >= 11 is 0. The van der Waals surface area contributed by atoms with Crippen LogP contribution in [0.3, 0.4) is 0 Å². The molecule has 9 heteroatoms. The fourth-order valence-corrected chi connectivity index (χ4v) is 5.71. The molecule has 0 aliphatic rings. The average Bonchev–Trinajstić information content (AvgIpc) is 3.08. The zero-order chi connectivity index (χ0) is 37.8. The number of rotatable bonds is 38. The van der Waals surface area contributed by atoms with E-state index in [1.165, 1.54) is 96.3 Å². The quantitative estimate of drug-likeness (QED) is 0.0220. The van der Waals surface area contributed by atoms with Gasteiger partial charge in [0.05, 0.1) is 34.4 Å². The minimum atomic E-state index is -1.50. The fourth-order valence-electron chi connectivity index (χ4n) is 5.71. The van der Waals surface area contributed by atoms with Gasteiger partial charge in [0.15, 0.2) is 6.10 Å². The molecule has 0 aromatic rings. The van der Waals surface area contributed by atoms with Crippen LogP contribution >= 0.6 is 0 Å². The second kappa shape index (κ2) is 35.1. The van der Waals surface area contributed by atoms with E-state index in [0.717, 1.165) is 51.4 Å². The van der Waals surface area contributed by atoms with Gasteiger partial charge in [-0.3, -0.25) is 9.59 Å². The number of allylic oxidation sites excluding steroid dienone is 2. The van der Waals surface area contributed by atoms with E-state index in [0.29, 0.717) is 23.9 Å². The number of carbonyl (C=O) groups is 3. The Morgan fingerprint density at radius 1 is 0.569 bits per heavy atom. The molecular formula is C42H80NO8+. The van der Waals surface area contributed by atoms with Crippen LogP contribution in [0.2, 0.25) is 0 Å². The van der Waals surface area contributed by atoms with E-state index in [1.807, 2.05) is 21.1 Å². The molecule has 0 saturated carbocycles. The number of unbranched alkanes of at least 4 members (excludes halogenated alkanes) is 21. The molecule has 0 rings (SSSR count). The third kappa shape index (κ3) is 36.2. The van der Waals surface area contributed by atoms with Crippen LogP contribution in [-0.4, -0.2) is 87.4 Å². The van der Waals surface area contributed by atoms with E-state index in [-0.39, 0.29) is 32.2 Å². The number of carboxylic acids is 1. The van der Waals surface area contributed by atoms with Crippen LogP contribution in [0.4, 0.5) is 0 Å². The van der Waals surface area contributed by atoms with Crippen molar-refractivity contribution in [1.29, 1.82) is 0 Å². The van der Waals surface area contributed by atoms with E-state index < -0.39 is 24.3 Å². The predicted molar refractivity (Wildman–Crippen MR) is 208 cm³/mol. The van der Waals surface area contributed by atoms with E-state index in [9.17, 15) is 19.5 Å². The monoisotopic (exact) mass is 727 g/mol. The number of carbonyl (C=O) groups excluding carboxylic acids is 2. The Morgan fingerprint density at radius 2 is 1.00 bits per heavy atom. The van der Waals surface area contributed by atoms with Gasteiger partial charge in [0.1, 0.15) is 13.2 Å². The highest BCUT2D eigenvalue weighted by molar-refractivity contribution is 5.71. The molecule has 0 saturated heterocycles. The number of likely N-dealkylation sites (N-methyl/N-ethyl adjacent to an activating group) is 1. The van der Waals surface area contributed by atoms with E-state index in [1.54, 1.807) is 0 Å². The smallest absolute Gasteiger partial charge is 0.361 e. The molecule has 0 bridgehead atoms. The molecule has 51 heavy (non-hydrogen) atoms. The summed E-state index contributed by atoms with van der Waals surface area (Å²) in [7, 11) is 5.95. The van der Waals surface area contributed by atoms with E-state index >= 15 is 0 Å². The lowest BCUT2D eigenvalue weighted by Crippen LogP contribution is -2.40. The first kappa shape index (κ1) is 49.0. The van der Waals surface area contributed by atoms with Crippen molar-refractivity contribution in [1.82, 2.24) is 0 Å². The molecule has 0 fully saturated rings. The summed E-state index contributed by atoms with van der Waals surface area (Å²) in [6.45, 7) is 4.84. The maximum atomic E-state index is 12.7. The maximum absolute atomic E-state index is 12.7. The van der Waals surface area contributed by atoms with Crippen molar-refractivity contribution in [2.75, 3.05) is 47.5 Å². The van der Waals surface area contributed by atoms with Gasteiger partial charge in [0.25, 0.3) is 6.29 Å². The van der Waals surface area contributed by atoms with Crippen LogP contribution in [0.1, 0.15) is 181 Å². The molecule has 0 aliphatic heterocycles. The predicted octanol–water partition coefficient (Wildman–Crippen LogP) is 10.3. The third-order valence-electron chi connectivity index (χ3n) is 9.02. The molecular weight excluding hydrogens is 646 g/mol. The molecule has 9 nitrogen and oxygen atoms in total. The summed E-state index contributed by atoms with van der Waals surface area (Å²) in [5.74, 6) is -2.01. The first-order chi connectivity index (χ1) is 24.6. The lowest BCUT2D eigenvalue weighted by Gasteiger charge is -2.25. The van der Waals surface area contributed by atoms with E-state index in [2.05, 4.69) is 26.0 Å². The van der Waals surface area contributed by atoms with Crippen LogP contribution in [0.15, 0.2) is 12.2 Å². The zero-order valence-corrected chi connectivity index (χ0v) is 33.8. The minimum Gasteiger partial charge on any atom is -0.477 e. The molecule has 1 N–H and O–H groups in total. The topological polar surface area (TPSA) is 108 Å². The van der Waals surface area contributed by atoms with Gasteiger partial charge in [-0.15, -0.1) is 0 Å². The standard InChI is InChI=1S/C42H79NO8/c1-6-8-10-12-14-16-18-20-21-23-24-26-28-30-32-39(44)49-36-38(37-50-42(41(46)47)48-35-34-43(3,4)5)51-40(45)33-31-29-27-25-22-19-17-15-13-11-9-7-2/h15,17,38,42H,6-14,16,18-37H2,1-5H3/p+1/b17-15-. The Hall–Kier alpha value is -1.97. The molecule has 0 heterocycles. The van der Waals surface area contributed by atoms with Crippen LogP contribution in [-0.2, 0) is 33.3 Å². The third-order valence-corrected chi connectivity index (χ3v) is 9.02. The minimum absolute atomic E-state index is 0.180. The summed E-state index contributed by atoms with van der Waals surface area (Å²) in [6, 6.07) is 0. The number of aliphatic carboxylic acids is 1. The molecule has 0 aromatic carbocycles. The Labute approximate surface area is 313 Å². The highest BCUT2D eigenvalue weighted by Crippen LogP contribution is 2.14. The number of quaternary nitrogens is 1. The van der Waals surface area contributed by atoms with Crippen molar-refractivity contribution >= 4 is 17.9 Å². The Morgan fingerprint density at radius 3 is 1.49 bits per heavy atom. The van der Waals surface area contributed by atoms with Gasteiger partial charge >= 0.3 is 17.9 Å². The number of ether oxygens (including phenoxy) is 4. The molecule has 2 unspecified atom stereocenters. The zero-order valence-electron chi connectivity index (χ0n) is 33.8. The van der Waals surface area contributed by atoms with Gasteiger partial charge in [-0.2, -0.15) is 0 Å². The van der Waals surface area contributed by atoms with Gasteiger partial charge < -0.3 is 28.5 Å². The van der Waals surface area contributed by atoms with Gasteiger partial charge in [-0.25, -0.2) is 4.79 Å². The Balaban J connectivity index is 4.48. The highest BCUT2D eigenvalue weighted by atomic mass is 16.7. The van der Waals surface area contributed by atoms with Crippen LogP contribution < -0.4 is 0 Å². The first-order valence-corrected chi connectivity index (χ1v) is 20.9. The van der Waals surface area contributed by atoms with Gasteiger partial charge in [0.2, 0.25) is 0 Å². The molecule has 300 valence electrons. The normalized spacial score (nSPS) is 13.0. The van der Waals surface area contributed by atoms with Gasteiger partial charge in [-0.05, 0) is 38.5 Å². The van der Waals surface area contributed by atoms with Crippen LogP contribution in [0, 0.1) is 0 Å². The second-order valence-corrected chi connectivity index (χ2v) is 15.3. The van der Waals surface area contributed by atoms with Crippen molar-refractivity contribution in [2.45, 2.75) is 193 Å². The van der Waals surface area contributed by atoms with Crippen LogP contribution in [0.5, 0.6) is 0 Å². The molecule has 0 spiro atoms. The van der Waals surface area contributed by atoms with Crippen molar-refractivity contribution < 1.29 is 42.9 Å². The lowest BCUT2D eigenvalue weighted by molar-refractivity contribution is -0.870. The van der Waals surface area contributed by atoms with Crippen molar-refractivity contribution in [3.63, 3.8) is 0 Å². The SMILES string of the molecule is CCCCC/C=C\CCCCCCCC(=O)OC(COC(=O)CCCCCCCCCCCCCCCC)COC(OCC[N+](C)(C)C)C(=O)O. The average molecular weight is 727 g/mol. The van der Waals surface area contributed by atoms with Crippen LogP contribution in [0.25, 0.3) is 0 Å². The van der Waals surface area contributed by atoms with Gasteiger partial charge in [-0.1, -0.05) is 142 Å². The maximum Gasteiger partial charge on any atom is 0.361 e. The Bertz CT molecular complexity index is 856. The van der Waals surface area contributed by atoms with Crippen molar-refractivity contribution in [2.24, 2.45) is 0 Å². The first-order valence-electron chi connectivity index (χ1n) is 20.9. The van der Waals surface area contributed by atoms with Crippen molar-refractivity contribution in [3.8, 4) is 0 Å². The number of hydrogen-bond donors (Lipinski definition) is 1. The van der Waals surface area contributed by atoms with Gasteiger partial charge in [0, 0.05) is 12.8 Å². The summed E-state index contributed by atoms with van der Waals surface area (Å²) in [5, 5.41) is 9.60. The second-order valence-electron chi connectivity index (χ2n) is 15.3. The Kier molecular flexibility index (Phi) is 33.7. The molecule has 2 atom stereocenters.